The molecule has 2 aromatic rings. The molecule has 1 heterocycles. The Bertz CT molecular complexity index is 992. The van der Waals surface area contributed by atoms with Crippen LogP contribution < -0.4 is 4.74 Å². The van der Waals surface area contributed by atoms with Crippen LogP contribution in [0.4, 0.5) is 10.5 Å². The fourth-order valence-electron chi connectivity index (χ4n) is 2.69. The molecule has 0 bridgehead atoms. The number of ether oxygens (including phenoxy) is 1. The third kappa shape index (κ3) is 4.18. The van der Waals surface area contributed by atoms with Crippen LogP contribution in [-0.4, -0.2) is 27.6 Å². The zero-order chi connectivity index (χ0) is 20.3. The number of rotatable bonds is 6. The molecule has 1 aliphatic heterocycles. The number of amides is 2. The SMILES string of the molecule is CCOc1ccc(Cl)cc1/C=C1/SC(=O)N(Cc2ccccc2[N+](=O)[O-])C1=O. The molecule has 0 N–H and O–H groups in total. The minimum Gasteiger partial charge on any atom is -0.493 e. The van der Waals surface area contributed by atoms with Crippen molar-refractivity contribution >= 4 is 46.3 Å². The van der Waals surface area contributed by atoms with E-state index in [1.54, 1.807) is 30.3 Å². The second-order valence-electron chi connectivity index (χ2n) is 5.77. The maximum Gasteiger partial charge on any atom is 0.293 e. The van der Waals surface area contributed by atoms with Crippen LogP contribution in [-0.2, 0) is 11.3 Å². The Hall–Kier alpha value is -2.84. The van der Waals surface area contributed by atoms with Crippen molar-refractivity contribution in [3.8, 4) is 5.75 Å². The summed E-state index contributed by atoms with van der Waals surface area (Å²) in [4.78, 5) is 36.9. The Morgan fingerprint density at radius 1 is 1.25 bits per heavy atom. The molecule has 0 atom stereocenters. The number of para-hydroxylation sites is 1. The molecule has 9 heteroatoms. The number of benzene rings is 2. The van der Waals surface area contributed by atoms with E-state index in [2.05, 4.69) is 0 Å². The maximum absolute atomic E-state index is 12.7. The van der Waals surface area contributed by atoms with Crippen LogP contribution in [0.1, 0.15) is 18.1 Å². The van der Waals surface area contributed by atoms with Gasteiger partial charge in [-0.15, -0.1) is 0 Å². The first-order valence-corrected chi connectivity index (χ1v) is 9.50. The average Bonchev–Trinajstić information content (AvgIpc) is 2.92. The molecule has 2 amide bonds. The normalized spacial score (nSPS) is 15.4. The summed E-state index contributed by atoms with van der Waals surface area (Å²) >= 11 is 6.81. The van der Waals surface area contributed by atoms with Gasteiger partial charge in [0.15, 0.2) is 0 Å². The zero-order valence-corrected chi connectivity index (χ0v) is 16.3. The maximum atomic E-state index is 12.7. The molecule has 2 aromatic carbocycles. The lowest BCUT2D eigenvalue weighted by molar-refractivity contribution is -0.385. The van der Waals surface area contributed by atoms with Gasteiger partial charge in [0, 0.05) is 22.2 Å². The number of nitrogens with zero attached hydrogens (tertiary/aromatic N) is 2. The first-order chi connectivity index (χ1) is 13.4. The van der Waals surface area contributed by atoms with Crippen LogP contribution >= 0.6 is 23.4 Å². The summed E-state index contributed by atoms with van der Waals surface area (Å²) in [5.41, 5.74) is 0.721. The van der Waals surface area contributed by atoms with E-state index in [1.165, 1.54) is 18.2 Å². The molecule has 0 radical (unpaired) electrons. The molecule has 1 fully saturated rings. The van der Waals surface area contributed by atoms with Gasteiger partial charge < -0.3 is 4.74 Å². The monoisotopic (exact) mass is 418 g/mol. The van der Waals surface area contributed by atoms with E-state index < -0.39 is 16.1 Å². The van der Waals surface area contributed by atoms with Gasteiger partial charge in [0.05, 0.1) is 23.0 Å². The quantitative estimate of drug-likeness (QED) is 0.377. The van der Waals surface area contributed by atoms with Gasteiger partial charge in [0.1, 0.15) is 5.75 Å². The van der Waals surface area contributed by atoms with Crippen molar-refractivity contribution in [2.45, 2.75) is 13.5 Å². The summed E-state index contributed by atoms with van der Waals surface area (Å²) in [6, 6.07) is 11.0. The number of thioether (sulfide) groups is 1. The molecule has 0 aliphatic carbocycles. The summed E-state index contributed by atoms with van der Waals surface area (Å²) in [6.45, 7) is 2.09. The molecule has 1 aliphatic rings. The van der Waals surface area contributed by atoms with Crippen LogP contribution in [0.5, 0.6) is 5.75 Å². The topological polar surface area (TPSA) is 89.8 Å². The van der Waals surface area contributed by atoms with E-state index >= 15 is 0 Å². The van der Waals surface area contributed by atoms with Gasteiger partial charge in [-0.05, 0) is 43.0 Å². The molecule has 1 saturated heterocycles. The van der Waals surface area contributed by atoms with Crippen LogP contribution in [0.2, 0.25) is 5.02 Å². The second-order valence-corrected chi connectivity index (χ2v) is 7.20. The van der Waals surface area contributed by atoms with E-state index in [1.807, 2.05) is 6.92 Å². The van der Waals surface area contributed by atoms with Gasteiger partial charge in [-0.1, -0.05) is 29.8 Å². The van der Waals surface area contributed by atoms with E-state index in [-0.39, 0.29) is 22.7 Å². The predicted octanol–water partition coefficient (Wildman–Crippen LogP) is 4.88. The smallest absolute Gasteiger partial charge is 0.293 e. The van der Waals surface area contributed by atoms with E-state index in [0.29, 0.717) is 22.9 Å². The number of carbonyl (C=O) groups is 2. The second kappa shape index (κ2) is 8.45. The van der Waals surface area contributed by atoms with Crippen molar-refractivity contribution in [3.05, 3.63) is 73.6 Å². The molecule has 0 saturated carbocycles. The van der Waals surface area contributed by atoms with Crippen molar-refractivity contribution in [3.63, 3.8) is 0 Å². The molecule has 7 nitrogen and oxygen atoms in total. The number of imide groups is 1. The largest absolute Gasteiger partial charge is 0.493 e. The average molecular weight is 419 g/mol. The standard InChI is InChI=1S/C19H15ClN2O5S/c1-2-27-16-8-7-14(20)9-13(16)10-17-18(23)21(19(24)28-17)11-12-5-3-4-6-15(12)22(25)26/h3-10H,2,11H2,1H3/b17-10+. The minimum atomic E-state index is -0.537. The molecular formula is C19H15ClN2O5S. The van der Waals surface area contributed by atoms with Crippen LogP contribution in [0.15, 0.2) is 47.4 Å². The van der Waals surface area contributed by atoms with Gasteiger partial charge >= 0.3 is 0 Å². The molecule has 0 aromatic heterocycles. The van der Waals surface area contributed by atoms with Crippen molar-refractivity contribution in [1.82, 2.24) is 4.90 Å². The van der Waals surface area contributed by atoms with Gasteiger partial charge in [-0.25, -0.2) is 0 Å². The van der Waals surface area contributed by atoms with Gasteiger partial charge in [0.2, 0.25) is 0 Å². The predicted molar refractivity (Wildman–Crippen MR) is 107 cm³/mol. The van der Waals surface area contributed by atoms with Crippen molar-refractivity contribution in [2.75, 3.05) is 6.61 Å². The third-order valence-corrected chi connectivity index (χ3v) is 5.09. The molecule has 3 rings (SSSR count). The lowest BCUT2D eigenvalue weighted by Gasteiger charge is -2.12. The van der Waals surface area contributed by atoms with E-state index in [9.17, 15) is 19.7 Å². The summed E-state index contributed by atoms with van der Waals surface area (Å²) < 4.78 is 5.53. The fraction of sp³-hybridized carbons (Fsp3) is 0.158. The number of hydrogen-bond donors (Lipinski definition) is 0. The van der Waals surface area contributed by atoms with Crippen LogP contribution in [0.3, 0.4) is 0 Å². The lowest BCUT2D eigenvalue weighted by atomic mass is 10.1. The number of nitro groups is 1. The zero-order valence-electron chi connectivity index (χ0n) is 14.8. The van der Waals surface area contributed by atoms with Crippen molar-refractivity contribution in [2.24, 2.45) is 0 Å². The molecule has 0 spiro atoms. The highest BCUT2D eigenvalue weighted by Crippen LogP contribution is 2.36. The van der Waals surface area contributed by atoms with Gasteiger partial charge in [-0.3, -0.25) is 24.6 Å². The molecule has 144 valence electrons. The number of hydrogen-bond acceptors (Lipinski definition) is 6. The highest BCUT2D eigenvalue weighted by molar-refractivity contribution is 8.18. The number of nitro benzene ring substituents is 1. The first-order valence-electron chi connectivity index (χ1n) is 8.30. The lowest BCUT2D eigenvalue weighted by Crippen LogP contribution is -2.27. The Morgan fingerprint density at radius 2 is 2.00 bits per heavy atom. The summed E-state index contributed by atoms with van der Waals surface area (Å²) in [5.74, 6) is 0.0213. The first kappa shape index (κ1) is 19.9. The van der Waals surface area contributed by atoms with Crippen LogP contribution in [0, 0.1) is 10.1 Å². The number of halogens is 1. The summed E-state index contributed by atoms with van der Waals surface area (Å²) in [6.07, 6.45) is 1.54. The molecule has 0 unspecified atom stereocenters. The van der Waals surface area contributed by atoms with Crippen molar-refractivity contribution in [1.29, 1.82) is 0 Å². The Morgan fingerprint density at radius 3 is 2.71 bits per heavy atom. The van der Waals surface area contributed by atoms with Gasteiger partial charge in [0.25, 0.3) is 16.8 Å². The highest BCUT2D eigenvalue weighted by Gasteiger charge is 2.36. The van der Waals surface area contributed by atoms with E-state index in [0.717, 1.165) is 16.7 Å². The van der Waals surface area contributed by atoms with Crippen LogP contribution in [0.25, 0.3) is 6.08 Å². The minimum absolute atomic E-state index is 0.140. The Labute approximate surface area is 170 Å². The molecular weight excluding hydrogens is 404 g/mol. The summed E-state index contributed by atoms with van der Waals surface area (Å²) in [5, 5.41) is 11.1. The fourth-order valence-corrected chi connectivity index (χ4v) is 3.70. The summed E-state index contributed by atoms with van der Waals surface area (Å²) in [7, 11) is 0. The number of carbonyl (C=O) groups excluding carboxylic acids is 2. The Kier molecular flexibility index (Phi) is 6.01. The third-order valence-electron chi connectivity index (χ3n) is 3.95. The van der Waals surface area contributed by atoms with Gasteiger partial charge in [-0.2, -0.15) is 0 Å². The highest BCUT2D eigenvalue weighted by atomic mass is 35.5. The van der Waals surface area contributed by atoms with Crippen molar-refractivity contribution < 1.29 is 19.2 Å². The Balaban J connectivity index is 1.90. The van der Waals surface area contributed by atoms with E-state index in [4.69, 9.17) is 16.3 Å². The molecule has 28 heavy (non-hydrogen) atoms.